The average Bonchev–Trinajstić information content (AvgIpc) is 1.50. The van der Waals surface area contributed by atoms with Crippen LogP contribution in [0.5, 0.6) is 0 Å². The molecule has 0 radical (unpaired) electrons. The van der Waals surface area contributed by atoms with E-state index in [-0.39, 0.29) is 95.0 Å². The molecule has 0 amide bonds. The van der Waals surface area contributed by atoms with Crippen molar-refractivity contribution < 1.29 is 93.4 Å². The van der Waals surface area contributed by atoms with Gasteiger partial charge >= 0.3 is 0 Å². The maximum absolute atomic E-state index is 13.7. The number of aliphatic hydroxyl groups excluding tert-OH is 7. The van der Waals surface area contributed by atoms with Gasteiger partial charge in [-0.2, -0.15) is 0 Å². The zero-order chi connectivity index (χ0) is 92.2. The Labute approximate surface area is 759 Å². The second-order valence-corrected chi connectivity index (χ2v) is 40.4. The fourth-order valence-electron chi connectivity index (χ4n) is 27.5. The number of hydrogen-bond donors (Lipinski definition) is 10. The third-order valence-electron chi connectivity index (χ3n) is 33.6. The SMILES string of the molecule is C[C@]12C=CC(=O)C=C1CC[C@@H]1[C@@H]2[C@@H](O)C[C@@]2(C)[C@H]1C[C@@H](O)[C@]2(O)C(=O)CO.C[C@]12C=CC(=O)C=C1CC[C@@H]1[C@@H]2[C@@H](O)C[C@@]2(C)[C@H]1C[C@H]1O[C@@H](c3ccc(/C=C/c4cccc(N)c4)cc3)O[C@]12C(=O)CO.C[C@]12C=CC(=O)C=C1CC[C@@H]1[C@@H]2[C@@H](O)C[C@@]2(C)[C@H]1C[C@H]1O[C@H](c3ccc(/C=C/c4cccc(N)c4)cc3)O[C@]12C(=O)CO.Cc1cccc(/C=C/c2ccc(C=O)cc2)c1. The first-order valence-corrected chi connectivity index (χ1v) is 46.0. The number of anilines is 2. The molecule has 680 valence electrons. The first-order valence-electron chi connectivity index (χ1n) is 46.0. The van der Waals surface area contributed by atoms with Crippen molar-refractivity contribution >= 4 is 88.8 Å². The van der Waals surface area contributed by atoms with E-state index in [0.717, 1.165) is 100 Å². The molecular weight excluding hydrogens is 1640 g/mol. The molecule has 11 fully saturated rings. The summed E-state index contributed by atoms with van der Waals surface area (Å²) >= 11 is 0. The fraction of sp³-hybridized carbons (Fsp3) is 0.440. The number of carbonyl (C=O) groups excluding carboxylic acids is 7. The van der Waals surface area contributed by atoms with Crippen LogP contribution in [0, 0.1) is 92.7 Å². The number of benzene rings is 6. The molecule has 6 aromatic rings. The molecule has 14 aliphatic rings. The van der Waals surface area contributed by atoms with Crippen molar-refractivity contribution in [1.29, 1.82) is 0 Å². The lowest BCUT2D eigenvalue weighted by Gasteiger charge is -2.59. The van der Waals surface area contributed by atoms with Gasteiger partial charge in [0.15, 0.2) is 64.1 Å². The van der Waals surface area contributed by atoms with E-state index in [0.29, 0.717) is 42.6 Å². The van der Waals surface area contributed by atoms with Crippen LogP contribution in [0.3, 0.4) is 0 Å². The van der Waals surface area contributed by atoms with Gasteiger partial charge in [-0.05, 0) is 214 Å². The summed E-state index contributed by atoms with van der Waals surface area (Å²) in [5.41, 5.74) is 17.8. The van der Waals surface area contributed by atoms with E-state index in [4.69, 9.17) is 30.4 Å². The Bertz CT molecular complexity index is 5510. The molecule has 6 aromatic carbocycles. The fourth-order valence-corrected chi connectivity index (χ4v) is 27.5. The number of aldehydes is 1. The van der Waals surface area contributed by atoms with Crippen molar-refractivity contribution in [2.24, 2.45) is 85.8 Å². The summed E-state index contributed by atoms with van der Waals surface area (Å²) < 4.78 is 26.5. The Morgan fingerprint density at radius 2 is 0.754 bits per heavy atom. The van der Waals surface area contributed by atoms with Crippen LogP contribution in [-0.2, 0) is 47.7 Å². The van der Waals surface area contributed by atoms with Gasteiger partial charge in [0.1, 0.15) is 26.1 Å². The molecule has 21 heteroatoms. The number of carbonyl (C=O) groups is 7. The number of ether oxygens (including phenoxy) is 4. The number of aliphatic hydroxyl groups is 8. The summed E-state index contributed by atoms with van der Waals surface area (Å²) in [4.78, 5) is 86.5. The number of aryl methyl sites for hydroxylation is 1. The van der Waals surface area contributed by atoms with Crippen LogP contribution < -0.4 is 11.5 Å². The predicted octanol–water partition coefficient (Wildman–Crippen LogP) is 14.6. The van der Waals surface area contributed by atoms with Crippen LogP contribution >= 0.6 is 0 Å². The van der Waals surface area contributed by atoms with E-state index in [1.165, 1.54) is 11.1 Å². The third kappa shape index (κ3) is 15.3. The number of ketones is 6. The number of rotatable bonds is 15. The zero-order valence-electron chi connectivity index (χ0n) is 74.7. The topological polar surface area (TPSA) is 370 Å². The maximum atomic E-state index is 13.7. The molecule has 26 atom stereocenters. The van der Waals surface area contributed by atoms with Crippen molar-refractivity contribution in [2.45, 2.75) is 192 Å². The molecule has 21 nitrogen and oxygen atoms in total. The van der Waals surface area contributed by atoms with Gasteiger partial charge in [-0.1, -0.05) is 240 Å². The van der Waals surface area contributed by atoms with Gasteiger partial charge in [0, 0.05) is 78.3 Å². The summed E-state index contributed by atoms with van der Waals surface area (Å²) in [5.74, 6) is -1.63. The average molecular weight is 1760 g/mol. The first-order chi connectivity index (χ1) is 62.0. The Morgan fingerprint density at radius 3 is 1.11 bits per heavy atom. The lowest BCUT2D eigenvalue weighted by Crippen LogP contribution is -2.63. The van der Waals surface area contributed by atoms with Gasteiger partial charge in [-0.15, -0.1) is 0 Å². The van der Waals surface area contributed by atoms with E-state index in [1.54, 1.807) is 43.4 Å². The van der Waals surface area contributed by atoms with Gasteiger partial charge in [-0.25, -0.2) is 0 Å². The molecule has 0 bridgehead atoms. The molecule has 2 aliphatic heterocycles. The lowest BCUT2D eigenvalue weighted by atomic mass is 9.46. The minimum Gasteiger partial charge on any atom is -0.399 e. The van der Waals surface area contributed by atoms with Gasteiger partial charge in [0.25, 0.3) is 0 Å². The highest BCUT2D eigenvalue weighted by Gasteiger charge is 2.79. The lowest BCUT2D eigenvalue weighted by molar-refractivity contribution is -0.201. The van der Waals surface area contributed by atoms with E-state index in [1.807, 2.05) is 183 Å². The summed E-state index contributed by atoms with van der Waals surface area (Å²) in [6.07, 6.45) is 29.8. The quantitative estimate of drug-likeness (QED) is 0.0259. The minimum atomic E-state index is -2.05. The summed E-state index contributed by atoms with van der Waals surface area (Å²) in [6.45, 7) is 12.1. The molecule has 130 heavy (non-hydrogen) atoms. The highest BCUT2D eigenvalue weighted by atomic mass is 16.8. The number of allylic oxidation sites excluding steroid dienone is 12. The largest absolute Gasteiger partial charge is 0.399 e. The van der Waals surface area contributed by atoms with E-state index < -0.39 is 124 Å². The molecule has 12 N–H and O–H groups in total. The van der Waals surface area contributed by atoms with Crippen molar-refractivity contribution in [3.05, 3.63) is 273 Å². The predicted molar refractivity (Wildman–Crippen MR) is 495 cm³/mol. The molecule has 20 rings (SSSR count). The van der Waals surface area contributed by atoms with Crippen LogP contribution in [-0.4, -0.2) is 155 Å². The molecule has 9 saturated carbocycles. The monoisotopic (exact) mass is 1760 g/mol. The molecule has 2 saturated heterocycles. The normalized spacial score (nSPS) is 38.3. The second-order valence-electron chi connectivity index (χ2n) is 40.4. The number of fused-ring (bicyclic) bond motifs is 19. The zero-order valence-corrected chi connectivity index (χ0v) is 74.7. The number of Topliss-reactive ketones (excluding diaryl/α,β-unsaturated/α-hetero) is 3. The minimum absolute atomic E-state index is 0.00207. The van der Waals surface area contributed by atoms with E-state index >= 15 is 0 Å². The van der Waals surface area contributed by atoms with Crippen molar-refractivity contribution in [2.75, 3.05) is 31.3 Å². The summed E-state index contributed by atoms with van der Waals surface area (Å²) in [6, 6.07) is 46.9. The van der Waals surface area contributed by atoms with Gasteiger partial charge in [0.2, 0.25) is 0 Å². The molecule has 0 spiro atoms. The van der Waals surface area contributed by atoms with E-state index in [9.17, 15) is 74.4 Å². The molecule has 0 unspecified atom stereocenters. The van der Waals surface area contributed by atoms with Gasteiger partial charge in [0.05, 0.1) is 36.6 Å². The van der Waals surface area contributed by atoms with Crippen molar-refractivity contribution in [3.8, 4) is 0 Å². The number of nitrogens with two attached hydrogens (primary N) is 2. The van der Waals surface area contributed by atoms with Crippen LogP contribution in [0.4, 0.5) is 11.4 Å². The van der Waals surface area contributed by atoms with Crippen LogP contribution in [0.1, 0.15) is 192 Å². The Morgan fingerprint density at radius 1 is 0.423 bits per heavy atom. The van der Waals surface area contributed by atoms with Crippen LogP contribution in [0.2, 0.25) is 0 Å². The van der Waals surface area contributed by atoms with Gasteiger partial charge < -0.3 is 71.3 Å². The smallest absolute Gasteiger partial charge is 0.193 e. The van der Waals surface area contributed by atoms with Gasteiger partial charge in [-0.3, -0.25) is 33.6 Å². The van der Waals surface area contributed by atoms with Crippen LogP contribution in [0.15, 0.2) is 217 Å². The van der Waals surface area contributed by atoms with Crippen molar-refractivity contribution in [3.63, 3.8) is 0 Å². The molecule has 12 aliphatic carbocycles. The number of nitrogen functional groups attached to an aromatic ring is 2. The highest BCUT2D eigenvalue weighted by molar-refractivity contribution is 6.03. The molecule has 2 heterocycles. The Hall–Kier alpha value is -10.2. The third-order valence-corrected chi connectivity index (χ3v) is 33.6. The maximum Gasteiger partial charge on any atom is 0.193 e. The first kappa shape index (κ1) is 91.7. The van der Waals surface area contributed by atoms with E-state index in [2.05, 4.69) is 58.9 Å². The Kier molecular flexibility index (Phi) is 24.7. The number of hydrogen-bond acceptors (Lipinski definition) is 21. The second kappa shape index (κ2) is 35.1. The summed E-state index contributed by atoms with van der Waals surface area (Å²) in [7, 11) is 0. The molecular formula is C109H120N2O19. The van der Waals surface area contributed by atoms with Crippen molar-refractivity contribution in [1.82, 2.24) is 0 Å². The highest BCUT2D eigenvalue weighted by Crippen LogP contribution is 2.74. The van der Waals surface area contributed by atoms with Crippen LogP contribution in [0.25, 0.3) is 36.5 Å². The molecule has 0 aromatic heterocycles. The standard InChI is InChI=1S/2C36H39NO6.C21H28O6.C16H14O/c2*1-34-15-14-26(39)17-24(34)12-13-27-28-18-31-36(30(41)20-38,35(28,2)19-29(40)32(27)34)43-33(42-31)23-10-8-21(9-11-23)6-7-22-4-3-5-25(37)16-22;1-19-6-5-12(23)7-11(19)3-4-13-14-8-16(25)21(27,17(26)10-22)20(14,2)9-15(24)18(13)19;1-13-3-2-4-15(11-13)8-5-14-6-9-16(12-17)10-7-14/h2*3-11,14-17,27-29,31-33,38,40H,12-13,18-20,37H2,1-2H3;5-7,13-16,18,22,24-25,27H,3-4,8-10H2,1-2H3;2-12H,1H3/b2*7-6+;;8-5+/t27-,28-,29-,31+,32+,33+,34-,35-,36+;27-,28-,29-,31+,32+,33-,34-,35-,36+;13-,14-,15-,16+,18+,19-,20-,21-;/m000./s1. The summed E-state index contributed by atoms with van der Waals surface area (Å²) in [5, 5.41) is 86.4. The Balaban J connectivity index is 0.000000128.